The molecule has 4 heteroatoms. The molecule has 1 aromatic rings. The fraction of sp³-hybridized carbons (Fsp3) is 0.111. The van der Waals surface area contributed by atoms with Crippen LogP contribution in [0.2, 0.25) is 0 Å². The highest BCUT2D eigenvalue weighted by molar-refractivity contribution is 6.02. The van der Waals surface area contributed by atoms with Crippen LogP contribution in [0.3, 0.4) is 0 Å². The summed E-state index contributed by atoms with van der Waals surface area (Å²) < 4.78 is 0. The van der Waals surface area contributed by atoms with Crippen LogP contribution in [0.5, 0.6) is 0 Å². The number of amides is 1. The molecule has 1 amide bonds. The smallest absolute Gasteiger partial charge is 0.245 e. The van der Waals surface area contributed by atoms with E-state index in [1.54, 1.807) is 18.2 Å². The Bertz CT molecular complexity index is 419. The Labute approximate surface area is 75.0 Å². The van der Waals surface area contributed by atoms with Crippen LogP contribution < -0.4 is 11.1 Å². The van der Waals surface area contributed by atoms with Crippen molar-refractivity contribution >= 4 is 11.6 Å². The van der Waals surface area contributed by atoms with Crippen LogP contribution >= 0.6 is 0 Å². The van der Waals surface area contributed by atoms with E-state index in [1.165, 1.54) is 0 Å². The van der Waals surface area contributed by atoms with E-state index in [4.69, 9.17) is 11.0 Å². The molecule has 4 nitrogen and oxygen atoms in total. The van der Waals surface area contributed by atoms with Crippen LogP contribution in [0.15, 0.2) is 18.2 Å². The molecule has 0 bridgehead atoms. The molecule has 0 radical (unpaired) electrons. The second-order valence-electron chi connectivity index (χ2n) is 2.88. The van der Waals surface area contributed by atoms with E-state index in [2.05, 4.69) is 5.32 Å². The van der Waals surface area contributed by atoms with Gasteiger partial charge in [-0.1, -0.05) is 6.07 Å². The number of fused-ring (bicyclic) bond motifs is 1. The van der Waals surface area contributed by atoms with Crippen molar-refractivity contribution < 1.29 is 4.79 Å². The maximum atomic E-state index is 11.1. The Kier molecular flexibility index (Phi) is 1.54. The van der Waals surface area contributed by atoms with Crippen molar-refractivity contribution in [2.24, 2.45) is 5.73 Å². The zero-order valence-corrected chi connectivity index (χ0v) is 6.74. The summed E-state index contributed by atoms with van der Waals surface area (Å²) >= 11 is 0. The highest BCUT2D eigenvalue weighted by Gasteiger charge is 2.26. The summed E-state index contributed by atoms with van der Waals surface area (Å²) in [5, 5.41) is 11.2. The van der Waals surface area contributed by atoms with E-state index >= 15 is 0 Å². The van der Waals surface area contributed by atoms with Crippen LogP contribution in [0.25, 0.3) is 0 Å². The first-order chi connectivity index (χ1) is 6.22. The minimum Gasteiger partial charge on any atom is -0.324 e. The number of nitrogens with two attached hydrogens (primary N) is 1. The summed E-state index contributed by atoms with van der Waals surface area (Å²) in [6, 6.07) is 6.38. The Morgan fingerprint density at radius 3 is 3.00 bits per heavy atom. The van der Waals surface area contributed by atoms with E-state index in [1.807, 2.05) is 6.07 Å². The molecule has 1 aromatic carbocycles. The second-order valence-corrected chi connectivity index (χ2v) is 2.88. The number of hydrogen-bond acceptors (Lipinski definition) is 3. The molecule has 0 fully saturated rings. The molecule has 0 spiro atoms. The maximum Gasteiger partial charge on any atom is 0.245 e. The lowest BCUT2D eigenvalue weighted by molar-refractivity contribution is -0.116. The van der Waals surface area contributed by atoms with E-state index in [0.717, 1.165) is 5.56 Å². The molecular weight excluding hydrogens is 166 g/mol. The van der Waals surface area contributed by atoms with E-state index < -0.39 is 6.04 Å². The van der Waals surface area contributed by atoms with Gasteiger partial charge in [0.05, 0.1) is 11.6 Å². The van der Waals surface area contributed by atoms with Crippen molar-refractivity contribution in [2.45, 2.75) is 6.04 Å². The standard InChI is InChI=1S/C9H7N3O/c10-4-5-1-2-6-7(3-5)12-9(13)8(6)11/h1-3,8H,11H2,(H,12,13)/t8-/m0/s1. The van der Waals surface area contributed by atoms with Crippen LogP contribution in [0, 0.1) is 11.3 Å². The number of nitriles is 1. The van der Waals surface area contributed by atoms with E-state index in [0.29, 0.717) is 11.3 Å². The first-order valence-corrected chi connectivity index (χ1v) is 3.83. The van der Waals surface area contributed by atoms with Crippen LogP contribution in [-0.2, 0) is 4.79 Å². The largest absolute Gasteiger partial charge is 0.324 e. The molecule has 1 heterocycles. The van der Waals surface area contributed by atoms with E-state index in [-0.39, 0.29) is 5.91 Å². The van der Waals surface area contributed by atoms with Crippen molar-refractivity contribution in [3.63, 3.8) is 0 Å². The summed E-state index contributed by atoms with van der Waals surface area (Å²) in [7, 11) is 0. The van der Waals surface area contributed by atoms with Gasteiger partial charge in [-0.05, 0) is 12.1 Å². The first-order valence-electron chi connectivity index (χ1n) is 3.83. The number of carbonyl (C=O) groups excluding carboxylic acids is 1. The normalized spacial score (nSPS) is 19.1. The lowest BCUT2D eigenvalue weighted by atomic mass is 10.1. The van der Waals surface area contributed by atoms with Gasteiger partial charge in [-0.3, -0.25) is 4.79 Å². The average Bonchev–Trinajstić information content (AvgIpc) is 2.42. The second kappa shape index (κ2) is 2.57. The Balaban J connectivity index is 2.54. The number of carbonyl (C=O) groups is 1. The monoisotopic (exact) mass is 173 g/mol. The fourth-order valence-corrected chi connectivity index (χ4v) is 1.36. The quantitative estimate of drug-likeness (QED) is 0.600. The van der Waals surface area contributed by atoms with Crippen molar-refractivity contribution in [1.82, 2.24) is 0 Å². The molecule has 0 unspecified atom stereocenters. The number of anilines is 1. The Hall–Kier alpha value is -1.86. The van der Waals surface area contributed by atoms with Gasteiger partial charge in [0.15, 0.2) is 0 Å². The van der Waals surface area contributed by atoms with Crippen molar-refractivity contribution in [1.29, 1.82) is 5.26 Å². The van der Waals surface area contributed by atoms with Crippen LogP contribution in [-0.4, -0.2) is 5.91 Å². The molecule has 0 saturated heterocycles. The van der Waals surface area contributed by atoms with Crippen molar-refractivity contribution in [3.05, 3.63) is 29.3 Å². The third-order valence-corrected chi connectivity index (χ3v) is 2.06. The summed E-state index contributed by atoms with van der Waals surface area (Å²) in [6.45, 7) is 0. The van der Waals surface area contributed by atoms with Gasteiger partial charge in [0.1, 0.15) is 6.04 Å². The zero-order chi connectivity index (χ0) is 9.42. The third-order valence-electron chi connectivity index (χ3n) is 2.06. The number of hydrogen-bond donors (Lipinski definition) is 2. The minimum absolute atomic E-state index is 0.218. The van der Waals surface area contributed by atoms with Crippen molar-refractivity contribution in [3.8, 4) is 6.07 Å². The molecule has 2 rings (SSSR count). The lowest BCUT2D eigenvalue weighted by Crippen LogP contribution is -2.19. The van der Waals surface area contributed by atoms with Crippen LogP contribution in [0.4, 0.5) is 5.69 Å². The first kappa shape index (κ1) is 7.77. The number of nitrogens with zero attached hydrogens (tertiary/aromatic N) is 1. The lowest BCUT2D eigenvalue weighted by Gasteiger charge is -1.99. The molecule has 1 aliphatic heterocycles. The molecule has 64 valence electrons. The molecular formula is C9H7N3O. The summed E-state index contributed by atoms with van der Waals surface area (Å²) in [4.78, 5) is 11.1. The van der Waals surface area contributed by atoms with Crippen molar-refractivity contribution in [2.75, 3.05) is 5.32 Å². The molecule has 3 N–H and O–H groups in total. The Morgan fingerprint density at radius 2 is 2.31 bits per heavy atom. The Morgan fingerprint density at radius 1 is 1.54 bits per heavy atom. The predicted molar refractivity (Wildman–Crippen MR) is 46.7 cm³/mol. The van der Waals surface area contributed by atoms with Crippen LogP contribution in [0.1, 0.15) is 17.2 Å². The highest BCUT2D eigenvalue weighted by Crippen LogP contribution is 2.29. The molecule has 0 saturated carbocycles. The van der Waals surface area contributed by atoms with Gasteiger partial charge in [0, 0.05) is 11.3 Å². The topological polar surface area (TPSA) is 78.9 Å². The number of benzene rings is 1. The maximum absolute atomic E-state index is 11.1. The van der Waals surface area contributed by atoms with Gasteiger partial charge in [-0.25, -0.2) is 0 Å². The highest BCUT2D eigenvalue weighted by atomic mass is 16.2. The predicted octanol–water partition coefficient (Wildman–Crippen LogP) is 0.510. The minimum atomic E-state index is -0.595. The summed E-state index contributed by atoms with van der Waals surface area (Å²) in [5.74, 6) is -0.218. The average molecular weight is 173 g/mol. The molecule has 0 aromatic heterocycles. The van der Waals surface area contributed by atoms with Gasteiger partial charge in [-0.15, -0.1) is 0 Å². The van der Waals surface area contributed by atoms with E-state index in [9.17, 15) is 4.79 Å². The zero-order valence-electron chi connectivity index (χ0n) is 6.74. The van der Waals surface area contributed by atoms with Gasteiger partial charge in [0.2, 0.25) is 5.91 Å². The van der Waals surface area contributed by atoms with Gasteiger partial charge < -0.3 is 11.1 Å². The SMILES string of the molecule is N#Cc1ccc2c(c1)NC(=O)[C@H]2N. The number of nitrogens with one attached hydrogen (secondary N) is 1. The summed E-state index contributed by atoms with van der Waals surface area (Å²) in [5.41, 5.74) is 7.51. The summed E-state index contributed by atoms with van der Waals surface area (Å²) in [6.07, 6.45) is 0. The van der Waals surface area contributed by atoms with Gasteiger partial charge in [0.25, 0.3) is 0 Å². The molecule has 0 aliphatic carbocycles. The molecule has 13 heavy (non-hydrogen) atoms. The van der Waals surface area contributed by atoms with Gasteiger partial charge >= 0.3 is 0 Å². The molecule has 1 atom stereocenters. The third kappa shape index (κ3) is 1.06. The number of rotatable bonds is 0. The fourth-order valence-electron chi connectivity index (χ4n) is 1.36. The molecule has 1 aliphatic rings. The van der Waals surface area contributed by atoms with Gasteiger partial charge in [-0.2, -0.15) is 5.26 Å².